The molecule has 0 saturated heterocycles. The summed E-state index contributed by atoms with van der Waals surface area (Å²) >= 11 is 0. The van der Waals surface area contributed by atoms with E-state index in [1.165, 1.54) is 18.2 Å². The molecule has 0 aliphatic carbocycles. The first kappa shape index (κ1) is 12.7. The standard InChI is InChI=1S/C15H14F2O/c1-10-2-7-14(17)13(8-10)15(18)9-11-3-5-12(16)6-4-11/h2-8,15,18H,9H2,1H3. The molecule has 2 aromatic carbocycles. The van der Waals surface area contributed by atoms with Crippen LogP contribution in [0.25, 0.3) is 0 Å². The molecule has 1 nitrogen and oxygen atoms in total. The molecule has 0 aromatic heterocycles. The van der Waals surface area contributed by atoms with E-state index in [0.717, 1.165) is 11.1 Å². The molecule has 0 fully saturated rings. The molecule has 2 aromatic rings. The zero-order valence-corrected chi connectivity index (χ0v) is 10.0. The number of hydrogen-bond donors (Lipinski definition) is 1. The maximum Gasteiger partial charge on any atom is 0.129 e. The Morgan fingerprint density at radius 1 is 1.06 bits per heavy atom. The third kappa shape index (κ3) is 2.93. The van der Waals surface area contributed by atoms with Crippen LogP contribution in [0, 0.1) is 18.6 Å². The Morgan fingerprint density at radius 3 is 2.39 bits per heavy atom. The molecule has 0 amide bonds. The Hall–Kier alpha value is -1.74. The lowest BCUT2D eigenvalue weighted by Gasteiger charge is -2.12. The fourth-order valence-electron chi connectivity index (χ4n) is 1.87. The molecule has 1 unspecified atom stereocenters. The zero-order valence-electron chi connectivity index (χ0n) is 10.0. The number of hydrogen-bond acceptors (Lipinski definition) is 1. The minimum atomic E-state index is -0.921. The van der Waals surface area contributed by atoms with E-state index < -0.39 is 11.9 Å². The first-order chi connectivity index (χ1) is 8.56. The molecule has 94 valence electrons. The summed E-state index contributed by atoms with van der Waals surface area (Å²) in [6, 6.07) is 10.5. The molecule has 1 atom stereocenters. The highest BCUT2D eigenvalue weighted by atomic mass is 19.1. The molecular weight excluding hydrogens is 234 g/mol. The van der Waals surface area contributed by atoms with Gasteiger partial charge in [-0.1, -0.05) is 29.8 Å². The van der Waals surface area contributed by atoms with Gasteiger partial charge in [0, 0.05) is 12.0 Å². The first-order valence-electron chi connectivity index (χ1n) is 5.75. The van der Waals surface area contributed by atoms with Gasteiger partial charge in [0.1, 0.15) is 11.6 Å². The zero-order chi connectivity index (χ0) is 13.1. The van der Waals surface area contributed by atoms with E-state index in [0.29, 0.717) is 0 Å². The van der Waals surface area contributed by atoms with Crippen LogP contribution in [-0.4, -0.2) is 5.11 Å². The highest BCUT2D eigenvalue weighted by molar-refractivity contribution is 5.28. The molecule has 0 saturated carbocycles. The Balaban J connectivity index is 2.18. The molecular formula is C15H14F2O. The molecule has 0 bridgehead atoms. The lowest BCUT2D eigenvalue weighted by molar-refractivity contribution is 0.173. The molecule has 1 N–H and O–H groups in total. The Morgan fingerprint density at radius 2 is 1.72 bits per heavy atom. The molecule has 0 aliphatic heterocycles. The van der Waals surface area contributed by atoms with Crippen molar-refractivity contribution in [2.45, 2.75) is 19.4 Å². The second-order valence-electron chi connectivity index (χ2n) is 4.37. The lowest BCUT2D eigenvalue weighted by Crippen LogP contribution is -2.04. The second kappa shape index (κ2) is 5.27. The van der Waals surface area contributed by atoms with Crippen molar-refractivity contribution in [2.75, 3.05) is 0 Å². The van der Waals surface area contributed by atoms with E-state index in [9.17, 15) is 13.9 Å². The summed E-state index contributed by atoms with van der Waals surface area (Å²) in [7, 11) is 0. The van der Waals surface area contributed by atoms with Gasteiger partial charge in [-0.3, -0.25) is 0 Å². The molecule has 0 spiro atoms. The van der Waals surface area contributed by atoms with E-state index in [-0.39, 0.29) is 17.8 Å². The molecule has 0 heterocycles. The largest absolute Gasteiger partial charge is 0.388 e. The van der Waals surface area contributed by atoms with E-state index in [1.807, 2.05) is 6.92 Å². The van der Waals surface area contributed by atoms with Gasteiger partial charge in [-0.25, -0.2) is 8.78 Å². The highest BCUT2D eigenvalue weighted by Gasteiger charge is 2.13. The van der Waals surface area contributed by atoms with Gasteiger partial charge in [-0.15, -0.1) is 0 Å². The van der Waals surface area contributed by atoms with Crippen molar-refractivity contribution in [1.82, 2.24) is 0 Å². The van der Waals surface area contributed by atoms with Crippen molar-refractivity contribution in [3.63, 3.8) is 0 Å². The van der Waals surface area contributed by atoms with Gasteiger partial charge < -0.3 is 5.11 Å². The van der Waals surface area contributed by atoms with E-state index in [4.69, 9.17) is 0 Å². The SMILES string of the molecule is Cc1ccc(F)c(C(O)Cc2ccc(F)cc2)c1. The van der Waals surface area contributed by atoms with Gasteiger partial charge in [0.2, 0.25) is 0 Å². The highest BCUT2D eigenvalue weighted by Crippen LogP contribution is 2.22. The van der Waals surface area contributed by atoms with E-state index >= 15 is 0 Å². The Labute approximate surface area is 105 Å². The van der Waals surface area contributed by atoms with Crippen molar-refractivity contribution in [2.24, 2.45) is 0 Å². The summed E-state index contributed by atoms with van der Waals surface area (Å²) < 4.78 is 26.3. The smallest absolute Gasteiger partial charge is 0.129 e. The summed E-state index contributed by atoms with van der Waals surface area (Å²) in [4.78, 5) is 0. The van der Waals surface area contributed by atoms with Crippen molar-refractivity contribution in [3.05, 3.63) is 70.8 Å². The van der Waals surface area contributed by atoms with Crippen LogP contribution in [0.5, 0.6) is 0 Å². The average Bonchev–Trinajstić information content (AvgIpc) is 2.35. The molecule has 3 heteroatoms. The fourth-order valence-corrected chi connectivity index (χ4v) is 1.87. The summed E-state index contributed by atoms with van der Waals surface area (Å²) in [6.45, 7) is 1.84. The van der Waals surface area contributed by atoms with Crippen molar-refractivity contribution in [1.29, 1.82) is 0 Å². The summed E-state index contributed by atoms with van der Waals surface area (Å²) in [5, 5.41) is 10.0. The fraction of sp³-hybridized carbons (Fsp3) is 0.200. The summed E-state index contributed by atoms with van der Waals surface area (Å²) in [6.07, 6.45) is -0.656. The predicted molar refractivity (Wildman–Crippen MR) is 66.2 cm³/mol. The van der Waals surface area contributed by atoms with Crippen molar-refractivity contribution < 1.29 is 13.9 Å². The van der Waals surface area contributed by atoms with Crippen LogP contribution in [0.4, 0.5) is 8.78 Å². The van der Waals surface area contributed by atoms with E-state index in [2.05, 4.69) is 0 Å². The number of aryl methyl sites for hydroxylation is 1. The van der Waals surface area contributed by atoms with Crippen LogP contribution < -0.4 is 0 Å². The quantitative estimate of drug-likeness (QED) is 0.880. The Kier molecular flexibility index (Phi) is 3.72. The Bertz CT molecular complexity index is 535. The topological polar surface area (TPSA) is 20.2 Å². The number of aliphatic hydroxyl groups excluding tert-OH is 1. The summed E-state index contributed by atoms with van der Waals surface area (Å²) in [5.74, 6) is -0.745. The monoisotopic (exact) mass is 248 g/mol. The van der Waals surface area contributed by atoms with Crippen LogP contribution in [0.3, 0.4) is 0 Å². The van der Waals surface area contributed by atoms with Gasteiger partial charge in [0.15, 0.2) is 0 Å². The van der Waals surface area contributed by atoms with Crippen LogP contribution in [-0.2, 0) is 6.42 Å². The van der Waals surface area contributed by atoms with Gasteiger partial charge in [0.05, 0.1) is 6.10 Å². The van der Waals surface area contributed by atoms with Crippen molar-refractivity contribution >= 4 is 0 Å². The van der Waals surface area contributed by atoms with Crippen molar-refractivity contribution in [3.8, 4) is 0 Å². The van der Waals surface area contributed by atoms with Gasteiger partial charge in [-0.05, 0) is 30.7 Å². The first-order valence-corrected chi connectivity index (χ1v) is 5.75. The molecule has 2 rings (SSSR count). The molecule has 18 heavy (non-hydrogen) atoms. The van der Waals surface area contributed by atoms with Gasteiger partial charge >= 0.3 is 0 Å². The van der Waals surface area contributed by atoms with Gasteiger partial charge in [-0.2, -0.15) is 0 Å². The maximum atomic E-state index is 13.6. The lowest BCUT2D eigenvalue weighted by atomic mass is 9.99. The van der Waals surface area contributed by atoms with Crippen LogP contribution >= 0.6 is 0 Å². The second-order valence-corrected chi connectivity index (χ2v) is 4.37. The third-order valence-electron chi connectivity index (χ3n) is 2.85. The molecule has 0 aliphatic rings. The minimum Gasteiger partial charge on any atom is -0.388 e. The van der Waals surface area contributed by atoms with Crippen LogP contribution in [0.1, 0.15) is 22.8 Å². The van der Waals surface area contributed by atoms with Crippen LogP contribution in [0.2, 0.25) is 0 Å². The van der Waals surface area contributed by atoms with Crippen LogP contribution in [0.15, 0.2) is 42.5 Å². The minimum absolute atomic E-state index is 0.265. The number of benzene rings is 2. The third-order valence-corrected chi connectivity index (χ3v) is 2.85. The average molecular weight is 248 g/mol. The van der Waals surface area contributed by atoms with E-state index in [1.54, 1.807) is 24.3 Å². The maximum absolute atomic E-state index is 13.6. The van der Waals surface area contributed by atoms with Gasteiger partial charge in [0.25, 0.3) is 0 Å². The normalized spacial score (nSPS) is 12.4. The number of rotatable bonds is 3. The predicted octanol–water partition coefficient (Wildman–Crippen LogP) is 3.55. The molecule has 0 radical (unpaired) electrons. The number of halogens is 2. The number of aliphatic hydroxyl groups is 1. The summed E-state index contributed by atoms with van der Waals surface area (Å²) in [5.41, 5.74) is 1.94.